The van der Waals surface area contributed by atoms with E-state index < -0.39 is 0 Å². The molecule has 1 rings (SSSR count). The minimum atomic E-state index is 0.522. The largest absolute Gasteiger partial charge is 0.383 e. The molecule has 1 saturated carbocycles. The SMILES string of the molecule is CCN(C(C)COC)C1CCCCC1NC. The van der Waals surface area contributed by atoms with Crippen LogP contribution in [0.15, 0.2) is 0 Å². The van der Waals surface area contributed by atoms with Gasteiger partial charge in [-0.25, -0.2) is 0 Å². The highest BCUT2D eigenvalue weighted by Gasteiger charge is 2.30. The van der Waals surface area contributed by atoms with E-state index in [2.05, 4.69) is 31.1 Å². The van der Waals surface area contributed by atoms with Gasteiger partial charge in [-0.2, -0.15) is 0 Å². The molecule has 1 fully saturated rings. The van der Waals surface area contributed by atoms with E-state index in [9.17, 15) is 0 Å². The summed E-state index contributed by atoms with van der Waals surface area (Å²) < 4.78 is 5.28. The average molecular weight is 228 g/mol. The van der Waals surface area contributed by atoms with Crippen molar-refractivity contribution in [2.24, 2.45) is 0 Å². The fourth-order valence-corrected chi connectivity index (χ4v) is 3.05. The molecule has 0 spiro atoms. The van der Waals surface area contributed by atoms with E-state index in [1.807, 2.05) is 0 Å². The van der Waals surface area contributed by atoms with Crippen LogP contribution in [0, 0.1) is 0 Å². The second-order valence-corrected chi connectivity index (χ2v) is 4.88. The lowest BCUT2D eigenvalue weighted by Gasteiger charge is -2.42. The Labute approximate surface area is 101 Å². The number of likely N-dealkylation sites (N-methyl/N-ethyl adjacent to an activating group) is 2. The standard InChI is InChI=1S/C13H28N2O/c1-5-15(11(2)10-16-4)13-9-7-6-8-12(13)14-3/h11-14H,5-10H2,1-4H3. The maximum Gasteiger partial charge on any atom is 0.0615 e. The smallest absolute Gasteiger partial charge is 0.0615 e. The predicted molar refractivity (Wildman–Crippen MR) is 68.8 cm³/mol. The van der Waals surface area contributed by atoms with Gasteiger partial charge in [0.2, 0.25) is 0 Å². The molecule has 0 aromatic heterocycles. The Balaban J connectivity index is 2.61. The van der Waals surface area contributed by atoms with Gasteiger partial charge in [-0.1, -0.05) is 19.8 Å². The van der Waals surface area contributed by atoms with E-state index in [0.717, 1.165) is 13.2 Å². The van der Waals surface area contributed by atoms with Crippen LogP contribution in [0.1, 0.15) is 39.5 Å². The molecule has 0 aromatic carbocycles. The molecular formula is C13H28N2O. The Morgan fingerprint density at radius 1 is 1.38 bits per heavy atom. The number of nitrogens with one attached hydrogen (secondary N) is 1. The van der Waals surface area contributed by atoms with E-state index in [4.69, 9.17) is 4.74 Å². The molecule has 0 aliphatic heterocycles. The highest BCUT2D eigenvalue weighted by molar-refractivity contribution is 4.89. The summed E-state index contributed by atoms with van der Waals surface area (Å²) >= 11 is 0. The van der Waals surface area contributed by atoms with Crippen molar-refractivity contribution >= 4 is 0 Å². The third kappa shape index (κ3) is 3.44. The molecule has 1 aliphatic carbocycles. The summed E-state index contributed by atoms with van der Waals surface area (Å²) in [4.78, 5) is 2.60. The van der Waals surface area contributed by atoms with Crippen LogP contribution in [0.4, 0.5) is 0 Å². The first-order valence-electron chi connectivity index (χ1n) is 6.66. The van der Waals surface area contributed by atoms with Gasteiger partial charge in [0.25, 0.3) is 0 Å². The van der Waals surface area contributed by atoms with Crippen molar-refractivity contribution in [2.75, 3.05) is 27.3 Å². The second-order valence-electron chi connectivity index (χ2n) is 4.88. The lowest BCUT2D eigenvalue weighted by Crippen LogP contribution is -2.54. The van der Waals surface area contributed by atoms with Crippen LogP contribution in [0.3, 0.4) is 0 Å². The van der Waals surface area contributed by atoms with Crippen LogP contribution in [0.5, 0.6) is 0 Å². The van der Waals surface area contributed by atoms with Crippen molar-refractivity contribution in [2.45, 2.75) is 57.7 Å². The Morgan fingerprint density at radius 3 is 2.62 bits per heavy atom. The molecule has 3 atom stereocenters. The Morgan fingerprint density at radius 2 is 2.06 bits per heavy atom. The minimum Gasteiger partial charge on any atom is -0.383 e. The van der Waals surface area contributed by atoms with Crippen molar-refractivity contribution < 1.29 is 4.74 Å². The highest BCUT2D eigenvalue weighted by atomic mass is 16.5. The first-order chi connectivity index (χ1) is 7.74. The second kappa shape index (κ2) is 7.25. The van der Waals surface area contributed by atoms with Gasteiger partial charge in [-0.15, -0.1) is 0 Å². The summed E-state index contributed by atoms with van der Waals surface area (Å²) in [7, 11) is 3.89. The molecule has 96 valence electrons. The molecule has 3 nitrogen and oxygen atoms in total. The molecule has 3 unspecified atom stereocenters. The van der Waals surface area contributed by atoms with E-state index in [0.29, 0.717) is 18.1 Å². The number of ether oxygens (including phenoxy) is 1. The van der Waals surface area contributed by atoms with Crippen molar-refractivity contribution in [3.05, 3.63) is 0 Å². The zero-order valence-electron chi connectivity index (χ0n) is 11.3. The fourth-order valence-electron chi connectivity index (χ4n) is 3.05. The summed E-state index contributed by atoms with van der Waals surface area (Å²) in [5.41, 5.74) is 0. The third-order valence-electron chi connectivity index (χ3n) is 3.87. The van der Waals surface area contributed by atoms with E-state index in [1.54, 1.807) is 7.11 Å². The molecule has 3 heteroatoms. The highest BCUT2D eigenvalue weighted by Crippen LogP contribution is 2.24. The average Bonchev–Trinajstić information content (AvgIpc) is 2.31. The molecule has 1 aliphatic rings. The first-order valence-corrected chi connectivity index (χ1v) is 6.66. The van der Waals surface area contributed by atoms with Crippen LogP contribution in [-0.4, -0.2) is 50.3 Å². The maximum absolute atomic E-state index is 5.28. The lowest BCUT2D eigenvalue weighted by atomic mass is 9.88. The molecule has 0 radical (unpaired) electrons. The zero-order chi connectivity index (χ0) is 12.0. The number of hydrogen-bond acceptors (Lipinski definition) is 3. The molecule has 1 N–H and O–H groups in total. The predicted octanol–water partition coefficient (Wildman–Crippen LogP) is 1.87. The summed E-state index contributed by atoms with van der Waals surface area (Å²) in [5.74, 6) is 0. The first kappa shape index (κ1) is 13.9. The van der Waals surface area contributed by atoms with Crippen LogP contribution < -0.4 is 5.32 Å². The summed E-state index contributed by atoms with van der Waals surface area (Å²) in [6.07, 6.45) is 5.39. The topological polar surface area (TPSA) is 24.5 Å². The summed E-state index contributed by atoms with van der Waals surface area (Å²) in [6.45, 7) is 6.48. The molecule has 0 bridgehead atoms. The van der Waals surface area contributed by atoms with Gasteiger partial charge in [0.05, 0.1) is 6.61 Å². The lowest BCUT2D eigenvalue weighted by molar-refractivity contribution is 0.0460. The quantitative estimate of drug-likeness (QED) is 0.751. The van der Waals surface area contributed by atoms with Gasteiger partial charge in [0.15, 0.2) is 0 Å². The molecule has 0 heterocycles. The monoisotopic (exact) mass is 228 g/mol. The Kier molecular flexibility index (Phi) is 6.32. The fraction of sp³-hybridized carbons (Fsp3) is 1.00. The summed E-state index contributed by atoms with van der Waals surface area (Å²) in [6, 6.07) is 1.87. The molecular weight excluding hydrogens is 200 g/mol. The van der Waals surface area contributed by atoms with Crippen LogP contribution in [-0.2, 0) is 4.74 Å². The number of nitrogens with zero attached hydrogens (tertiary/aromatic N) is 1. The number of methoxy groups -OCH3 is 1. The van der Waals surface area contributed by atoms with Gasteiger partial charge in [0, 0.05) is 25.2 Å². The van der Waals surface area contributed by atoms with Crippen LogP contribution >= 0.6 is 0 Å². The van der Waals surface area contributed by atoms with Gasteiger partial charge < -0.3 is 10.1 Å². The van der Waals surface area contributed by atoms with Crippen molar-refractivity contribution in [3.8, 4) is 0 Å². The van der Waals surface area contributed by atoms with Crippen molar-refractivity contribution in [1.82, 2.24) is 10.2 Å². The van der Waals surface area contributed by atoms with E-state index in [-0.39, 0.29) is 0 Å². The van der Waals surface area contributed by atoms with Gasteiger partial charge in [-0.3, -0.25) is 4.90 Å². The molecule has 0 amide bonds. The van der Waals surface area contributed by atoms with Crippen molar-refractivity contribution in [1.29, 1.82) is 0 Å². The Bertz CT molecular complexity index is 187. The molecule has 0 saturated heterocycles. The van der Waals surface area contributed by atoms with Gasteiger partial charge in [0.1, 0.15) is 0 Å². The maximum atomic E-state index is 5.28. The van der Waals surface area contributed by atoms with Crippen LogP contribution in [0.25, 0.3) is 0 Å². The normalized spacial score (nSPS) is 28.3. The van der Waals surface area contributed by atoms with Crippen molar-refractivity contribution in [3.63, 3.8) is 0 Å². The molecule has 16 heavy (non-hydrogen) atoms. The number of hydrogen-bond donors (Lipinski definition) is 1. The van der Waals surface area contributed by atoms with E-state index >= 15 is 0 Å². The Hall–Kier alpha value is -0.120. The van der Waals surface area contributed by atoms with E-state index in [1.165, 1.54) is 25.7 Å². The minimum absolute atomic E-state index is 0.522. The van der Waals surface area contributed by atoms with Gasteiger partial charge in [-0.05, 0) is 33.4 Å². The number of rotatable bonds is 6. The van der Waals surface area contributed by atoms with Crippen LogP contribution in [0.2, 0.25) is 0 Å². The van der Waals surface area contributed by atoms with Gasteiger partial charge >= 0.3 is 0 Å². The summed E-state index contributed by atoms with van der Waals surface area (Å²) in [5, 5.41) is 3.48. The zero-order valence-corrected chi connectivity index (χ0v) is 11.3. The molecule has 0 aromatic rings. The third-order valence-corrected chi connectivity index (χ3v) is 3.87.